The number of aryl methyl sites for hydroxylation is 3. The smallest absolute Gasteiger partial charge is 0.264 e. The summed E-state index contributed by atoms with van der Waals surface area (Å²) in [7, 11) is 1.76. The minimum Gasteiger partial charge on any atom is -0.385 e. The first kappa shape index (κ1) is 46.6. The molecule has 0 saturated carbocycles. The summed E-state index contributed by atoms with van der Waals surface area (Å²) in [6.45, 7) is 6.68. The predicted octanol–water partition coefficient (Wildman–Crippen LogP) is 5.00. The number of alkyl halides is 2. The van der Waals surface area contributed by atoms with E-state index in [1.54, 1.807) is 55.0 Å². The number of fused-ring (bicyclic) bond motifs is 2. The number of carbonyl (C=O) groups is 3. The molecule has 4 aliphatic rings. The van der Waals surface area contributed by atoms with Crippen LogP contribution in [0.2, 0.25) is 0 Å². The van der Waals surface area contributed by atoms with Crippen molar-refractivity contribution in [1.29, 1.82) is 0 Å². The van der Waals surface area contributed by atoms with E-state index >= 15 is 0 Å². The van der Waals surface area contributed by atoms with E-state index in [0.717, 1.165) is 68.2 Å². The minimum absolute atomic E-state index is 0.0419. The van der Waals surface area contributed by atoms with E-state index in [-0.39, 0.29) is 29.0 Å². The van der Waals surface area contributed by atoms with E-state index in [1.165, 1.54) is 4.57 Å². The van der Waals surface area contributed by atoms with Gasteiger partial charge >= 0.3 is 0 Å². The molecule has 4 aliphatic heterocycles. The number of benzene rings is 2. The highest BCUT2D eigenvalue weighted by Crippen LogP contribution is 2.40. The normalized spacial score (nSPS) is 19.9. The van der Waals surface area contributed by atoms with Crippen molar-refractivity contribution >= 4 is 40.0 Å². The number of aliphatic hydroxyl groups excluding tert-OH is 1. The largest absolute Gasteiger partial charge is 0.385 e. The van der Waals surface area contributed by atoms with Crippen molar-refractivity contribution in [3.63, 3.8) is 0 Å². The van der Waals surface area contributed by atoms with Gasteiger partial charge in [0.1, 0.15) is 24.3 Å². The zero-order chi connectivity index (χ0) is 46.6. The van der Waals surface area contributed by atoms with Crippen LogP contribution in [0.4, 0.5) is 20.2 Å². The number of hydrogen-bond acceptors (Lipinski definition) is 11. The third-order valence-electron chi connectivity index (χ3n) is 13.8. The number of piperidine rings is 2. The Morgan fingerprint density at radius 2 is 1.79 bits per heavy atom. The second-order valence-electron chi connectivity index (χ2n) is 18.2. The molecule has 354 valence electrons. The first-order valence-electron chi connectivity index (χ1n) is 23.5. The Balaban J connectivity index is 0.829. The molecule has 3 atom stereocenters. The molecule has 6 heterocycles. The molecule has 6 N–H and O–H groups in total. The van der Waals surface area contributed by atoms with Gasteiger partial charge in [0.15, 0.2) is 0 Å². The summed E-state index contributed by atoms with van der Waals surface area (Å²) >= 11 is 0. The Hall–Kier alpha value is -5.88. The molecule has 0 aliphatic carbocycles. The quantitative estimate of drug-likeness (QED) is 0.101. The maximum absolute atomic E-state index is 14.6. The molecule has 0 radical (unpaired) electrons. The molecule has 2 aromatic heterocycles. The second-order valence-corrected chi connectivity index (χ2v) is 18.2. The number of anilines is 2. The van der Waals surface area contributed by atoms with Crippen LogP contribution in [0.1, 0.15) is 107 Å². The average molecular weight is 912 g/mol. The first-order chi connectivity index (χ1) is 31.8. The molecular formula is C48H63F2N11O5. The van der Waals surface area contributed by atoms with Crippen LogP contribution in [-0.2, 0) is 27.9 Å². The molecule has 2 saturated heterocycles. The van der Waals surface area contributed by atoms with E-state index in [4.69, 9.17) is 5.73 Å². The molecule has 18 heteroatoms. The average Bonchev–Trinajstić information content (AvgIpc) is 3.74. The minimum atomic E-state index is -2.69. The van der Waals surface area contributed by atoms with E-state index < -0.39 is 30.8 Å². The van der Waals surface area contributed by atoms with Crippen molar-refractivity contribution in [3.05, 3.63) is 81.3 Å². The van der Waals surface area contributed by atoms with Gasteiger partial charge in [-0.1, -0.05) is 18.9 Å². The lowest BCUT2D eigenvalue weighted by Crippen LogP contribution is -2.53. The second kappa shape index (κ2) is 20.3. The monoisotopic (exact) mass is 911 g/mol. The lowest BCUT2D eigenvalue weighted by molar-refractivity contribution is -0.132. The van der Waals surface area contributed by atoms with Crippen molar-refractivity contribution in [2.24, 2.45) is 12.8 Å². The third kappa shape index (κ3) is 10.1. The fourth-order valence-electron chi connectivity index (χ4n) is 10.2. The maximum Gasteiger partial charge on any atom is 0.264 e. The number of nitrogens with two attached hydrogens (primary N) is 1. The molecule has 3 amide bonds. The lowest BCUT2D eigenvalue weighted by atomic mass is 9.91. The lowest BCUT2D eigenvalue weighted by Gasteiger charge is -2.42. The highest BCUT2D eigenvalue weighted by atomic mass is 19.3. The van der Waals surface area contributed by atoms with E-state index in [9.17, 15) is 33.1 Å². The summed E-state index contributed by atoms with van der Waals surface area (Å²) < 4.78 is 32.3. The Morgan fingerprint density at radius 1 is 1.00 bits per heavy atom. The summed E-state index contributed by atoms with van der Waals surface area (Å²) in [6.07, 6.45) is 7.41. The first-order valence-corrected chi connectivity index (χ1v) is 23.5. The number of carbonyl (C=O) groups excluding carboxylic acids is 3. The number of halogens is 2. The highest BCUT2D eigenvalue weighted by molar-refractivity contribution is 5.91. The molecule has 66 heavy (non-hydrogen) atoms. The number of nitrogens with one attached hydrogen (secondary N) is 3. The molecule has 2 fully saturated rings. The van der Waals surface area contributed by atoms with Gasteiger partial charge in [-0.25, -0.2) is 13.8 Å². The number of aromatic nitrogens is 4. The Labute approximate surface area is 383 Å². The molecule has 0 spiro atoms. The topological polar surface area (TPSA) is 196 Å². The van der Waals surface area contributed by atoms with Crippen molar-refractivity contribution < 1.29 is 28.3 Å². The van der Waals surface area contributed by atoms with Gasteiger partial charge in [0.05, 0.1) is 17.1 Å². The summed E-state index contributed by atoms with van der Waals surface area (Å²) in [4.78, 5) is 62.8. The molecule has 16 nitrogen and oxygen atoms in total. The molecule has 4 aromatic rings. The molecular weight excluding hydrogens is 849 g/mol. The number of unbranched alkanes of at least 4 members (excludes halogenated alkanes) is 3. The van der Waals surface area contributed by atoms with Gasteiger partial charge in [-0.3, -0.25) is 28.4 Å². The molecule has 8 rings (SSSR count). The van der Waals surface area contributed by atoms with Crippen molar-refractivity contribution in [2.75, 3.05) is 49.5 Å². The zero-order valence-corrected chi connectivity index (χ0v) is 38.2. The number of likely N-dealkylation sites (tertiary alicyclic amines) is 1. The Bertz CT molecular complexity index is 2530. The van der Waals surface area contributed by atoms with Gasteiger partial charge < -0.3 is 41.5 Å². The SMILES string of the molecule is CC(=O)N1CCC(NC2CCN(C(=O)CCCCCCNc3cccc4nc(C)n(C5CCC(O)NC5=O)c(=O)c34)CC2)=C(C(N)N2CCCc3cc(-c4cnn(C)c4)c(C(F)F)cc32)C1. The van der Waals surface area contributed by atoms with Gasteiger partial charge in [0.2, 0.25) is 17.7 Å². The van der Waals surface area contributed by atoms with Gasteiger partial charge in [0, 0.05) is 112 Å². The Kier molecular flexibility index (Phi) is 14.4. The van der Waals surface area contributed by atoms with Crippen molar-refractivity contribution in [3.8, 4) is 11.1 Å². The summed E-state index contributed by atoms with van der Waals surface area (Å²) in [5.41, 5.74) is 12.6. The van der Waals surface area contributed by atoms with Crippen LogP contribution in [0.3, 0.4) is 0 Å². The summed E-state index contributed by atoms with van der Waals surface area (Å²) in [6, 6.07) is 8.33. The van der Waals surface area contributed by atoms with Crippen molar-refractivity contribution in [2.45, 2.75) is 122 Å². The fourth-order valence-corrected chi connectivity index (χ4v) is 10.2. The maximum atomic E-state index is 14.6. The zero-order valence-electron chi connectivity index (χ0n) is 38.2. The predicted molar refractivity (Wildman–Crippen MR) is 249 cm³/mol. The van der Waals surface area contributed by atoms with Gasteiger partial charge in [-0.15, -0.1) is 0 Å². The van der Waals surface area contributed by atoms with Crippen molar-refractivity contribution in [1.82, 2.24) is 39.8 Å². The number of nitrogens with zero attached hydrogens (tertiary/aromatic N) is 7. The Morgan fingerprint density at radius 3 is 2.52 bits per heavy atom. The van der Waals surface area contributed by atoms with E-state index in [2.05, 4.69) is 26.0 Å². The molecule has 3 unspecified atom stereocenters. The van der Waals surface area contributed by atoms with Gasteiger partial charge in [-0.2, -0.15) is 5.10 Å². The van der Waals surface area contributed by atoms with Crippen LogP contribution in [0.25, 0.3) is 22.0 Å². The van der Waals surface area contributed by atoms with Crippen LogP contribution >= 0.6 is 0 Å². The number of hydrogen-bond donors (Lipinski definition) is 5. The van der Waals surface area contributed by atoms with Crippen LogP contribution in [0.5, 0.6) is 0 Å². The fraction of sp³-hybridized carbons (Fsp3) is 0.542. The number of amides is 3. The highest BCUT2D eigenvalue weighted by Gasteiger charge is 2.34. The summed E-state index contributed by atoms with van der Waals surface area (Å²) in [5.74, 6) is 0.159. The summed E-state index contributed by atoms with van der Waals surface area (Å²) in [5, 5.41) is 24.2. The van der Waals surface area contributed by atoms with Crippen LogP contribution in [0.15, 0.2) is 58.8 Å². The molecule has 2 aromatic carbocycles. The standard InChI is InChI=1S/C48H63F2N11O5/c1-29-54-39-12-8-11-38(44(39)48(66)61(29)40-14-15-42(63)56-47(40)65)52-19-7-5-4-6-13-43(64)58-21-16-33(17-22-58)55-37-18-23-59(30(2)62)28-36(37)46(51)60-20-9-10-31-24-34(32-26-53-57(3)27-32)35(45(49)50)25-41(31)60/h8,11-12,24-27,33,40,42,45-46,52,55,63H,4-7,9-10,13-23,28,51H2,1-3H3,(H,56,65). The number of aliphatic hydroxyl groups is 1. The van der Waals surface area contributed by atoms with Crippen LogP contribution in [-0.4, -0.2) is 110 Å². The van der Waals surface area contributed by atoms with Gasteiger partial charge in [-0.05, 0) is 93.7 Å². The van der Waals surface area contributed by atoms with Crippen LogP contribution < -0.4 is 32.1 Å². The number of rotatable bonds is 15. The van der Waals surface area contributed by atoms with Gasteiger partial charge in [0.25, 0.3) is 12.0 Å². The van der Waals surface area contributed by atoms with Crippen LogP contribution in [0, 0.1) is 6.92 Å². The van der Waals surface area contributed by atoms with E-state index in [0.29, 0.717) is 104 Å². The third-order valence-corrected chi connectivity index (χ3v) is 13.8. The molecule has 0 bridgehead atoms. The van der Waals surface area contributed by atoms with E-state index in [1.807, 2.05) is 28.0 Å².